The van der Waals surface area contributed by atoms with E-state index in [9.17, 15) is 9.59 Å². The molecule has 2 aromatic carbocycles. The fourth-order valence-electron chi connectivity index (χ4n) is 2.98. The van der Waals surface area contributed by atoms with Gasteiger partial charge in [-0.05, 0) is 55.0 Å². The first-order valence-electron chi connectivity index (χ1n) is 9.21. The number of benzene rings is 2. The van der Waals surface area contributed by atoms with Gasteiger partial charge >= 0.3 is 12.1 Å². The van der Waals surface area contributed by atoms with Crippen molar-refractivity contribution < 1.29 is 9.59 Å². The molecule has 0 radical (unpaired) electrons. The summed E-state index contributed by atoms with van der Waals surface area (Å²) >= 11 is 0. The van der Waals surface area contributed by atoms with Crippen molar-refractivity contribution in [3.63, 3.8) is 0 Å². The Morgan fingerprint density at radius 2 is 1.07 bits per heavy atom. The zero-order valence-electron chi connectivity index (χ0n) is 15.8. The third-order valence-corrected chi connectivity index (χ3v) is 4.60. The van der Waals surface area contributed by atoms with Gasteiger partial charge in [0.25, 0.3) is 0 Å². The highest BCUT2D eigenvalue weighted by Crippen LogP contribution is 2.13. The lowest BCUT2D eigenvalue weighted by molar-refractivity contribution is 0.205. The lowest BCUT2D eigenvalue weighted by Gasteiger charge is -2.22. The molecule has 8 heteroatoms. The van der Waals surface area contributed by atoms with E-state index in [2.05, 4.69) is 10.6 Å². The minimum Gasteiger partial charge on any atom is -0.323 e. The number of amides is 4. The summed E-state index contributed by atoms with van der Waals surface area (Å²) in [5.74, 6) is 0. The maximum Gasteiger partial charge on any atom is 0.321 e. The van der Waals surface area contributed by atoms with E-state index in [0.29, 0.717) is 55.1 Å². The second-order valence-electron chi connectivity index (χ2n) is 6.57. The summed E-state index contributed by atoms with van der Waals surface area (Å²) in [6.45, 7) is 1.93. The van der Waals surface area contributed by atoms with Crippen molar-refractivity contribution in [1.82, 2.24) is 9.80 Å². The standard InChI is InChI=1S/C21H20N6O2/c22-14-16-2-6-18(7-3-16)24-20(28)26-10-1-11-27(13-12-26)21(29)25-19-8-4-17(15-23)5-9-19/h2-9H,1,10-13H2,(H,24,28)(H,25,29). The summed E-state index contributed by atoms with van der Waals surface area (Å²) in [6.07, 6.45) is 0.668. The number of nitrogens with one attached hydrogen (secondary N) is 2. The lowest BCUT2D eigenvalue weighted by Crippen LogP contribution is -2.40. The van der Waals surface area contributed by atoms with E-state index in [1.165, 1.54) is 0 Å². The number of anilines is 2. The van der Waals surface area contributed by atoms with Crippen molar-refractivity contribution in [1.29, 1.82) is 10.5 Å². The Bertz CT molecular complexity index is 877. The molecular weight excluding hydrogens is 368 g/mol. The largest absolute Gasteiger partial charge is 0.323 e. The van der Waals surface area contributed by atoms with Gasteiger partial charge < -0.3 is 20.4 Å². The van der Waals surface area contributed by atoms with Crippen LogP contribution in [0, 0.1) is 22.7 Å². The van der Waals surface area contributed by atoms with Crippen LogP contribution in [0.15, 0.2) is 48.5 Å². The zero-order chi connectivity index (χ0) is 20.6. The van der Waals surface area contributed by atoms with Crippen LogP contribution in [0.2, 0.25) is 0 Å². The summed E-state index contributed by atoms with van der Waals surface area (Å²) in [5.41, 5.74) is 2.30. The molecule has 0 aromatic heterocycles. The molecule has 1 aliphatic heterocycles. The molecular formula is C21H20N6O2. The molecule has 0 unspecified atom stereocenters. The van der Waals surface area contributed by atoms with Crippen molar-refractivity contribution in [3.8, 4) is 12.1 Å². The molecule has 1 saturated heterocycles. The van der Waals surface area contributed by atoms with Gasteiger partial charge in [0, 0.05) is 37.6 Å². The number of rotatable bonds is 2. The lowest BCUT2D eigenvalue weighted by atomic mass is 10.2. The second-order valence-corrected chi connectivity index (χ2v) is 6.57. The summed E-state index contributed by atoms with van der Waals surface area (Å²) < 4.78 is 0. The highest BCUT2D eigenvalue weighted by molar-refractivity contribution is 5.90. The van der Waals surface area contributed by atoms with Gasteiger partial charge in [0.05, 0.1) is 23.3 Å². The van der Waals surface area contributed by atoms with Gasteiger partial charge in [-0.3, -0.25) is 0 Å². The number of carbonyl (C=O) groups excluding carboxylic acids is 2. The molecule has 1 aliphatic rings. The average molecular weight is 388 g/mol. The smallest absolute Gasteiger partial charge is 0.321 e. The summed E-state index contributed by atoms with van der Waals surface area (Å²) in [4.78, 5) is 28.4. The summed E-state index contributed by atoms with van der Waals surface area (Å²) in [5, 5.41) is 23.3. The van der Waals surface area contributed by atoms with E-state index < -0.39 is 0 Å². The fourth-order valence-corrected chi connectivity index (χ4v) is 2.98. The number of nitrogens with zero attached hydrogens (tertiary/aromatic N) is 4. The topological polar surface area (TPSA) is 112 Å². The van der Waals surface area contributed by atoms with Crippen LogP contribution in [0.25, 0.3) is 0 Å². The SMILES string of the molecule is N#Cc1ccc(NC(=O)N2CCCN(C(=O)Nc3ccc(C#N)cc3)CC2)cc1. The molecule has 2 N–H and O–H groups in total. The molecule has 0 bridgehead atoms. The number of urea groups is 2. The molecule has 0 atom stereocenters. The zero-order valence-corrected chi connectivity index (χ0v) is 15.8. The van der Waals surface area contributed by atoms with Crippen LogP contribution in [0.3, 0.4) is 0 Å². The van der Waals surface area contributed by atoms with Gasteiger partial charge in [0.15, 0.2) is 0 Å². The number of hydrogen-bond acceptors (Lipinski definition) is 4. The molecule has 29 heavy (non-hydrogen) atoms. The van der Waals surface area contributed by atoms with Gasteiger partial charge in [-0.2, -0.15) is 10.5 Å². The molecule has 2 aromatic rings. The Balaban J connectivity index is 1.53. The van der Waals surface area contributed by atoms with Gasteiger partial charge in [-0.15, -0.1) is 0 Å². The summed E-state index contributed by atoms with van der Waals surface area (Å²) in [7, 11) is 0. The molecule has 146 valence electrons. The minimum absolute atomic E-state index is 0.232. The Morgan fingerprint density at radius 3 is 1.41 bits per heavy atom. The molecule has 3 rings (SSSR count). The monoisotopic (exact) mass is 388 g/mol. The second kappa shape index (κ2) is 9.25. The van der Waals surface area contributed by atoms with E-state index in [4.69, 9.17) is 10.5 Å². The van der Waals surface area contributed by atoms with Crippen molar-refractivity contribution in [2.45, 2.75) is 6.42 Å². The quantitative estimate of drug-likeness (QED) is 0.822. The molecule has 0 saturated carbocycles. The fraction of sp³-hybridized carbons (Fsp3) is 0.238. The van der Waals surface area contributed by atoms with E-state index in [1.807, 2.05) is 12.1 Å². The molecule has 0 spiro atoms. The van der Waals surface area contributed by atoms with Crippen LogP contribution in [-0.4, -0.2) is 48.0 Å². The first kappa shape index (κ1) is 19.7. The molecule has 0 aliphatic carbocycles. The van der Waals surface area contributed by atoms with E-state index in [-0.39, 0.29) is 12.1 Å². The van der Waals surface area contributed by atoms with Crippen LogP contribution in [0.5, 0.6) is 0 Å². The normalized spacial score (nSPS) is 13.6. The number of hydrogen-bond donors (Lipinski definition) is 2. The van der Waals surface area contributed by atoms with Crippen LogP contribution < -0.4 is 10.6 Å². The van der Waals surface area contributed by atoms with Crippen LogP contribution in [-0.2, 0) is 0 Å². The Morgan fingerprint density at radius 1 is 0.690 bits per heavy atom. The molecule has 1 heterocycles. The van der Waals surface area contributed by atoms with E-state index in [1.54, 1.807) is 58.3 Å². The highest BCUT2D eigenvalue weighted by Gasteiger charge is 2.22. The average Bonchev–Trinajstić information content (AvgIpc) is 3.01. The Kier molecular flexibility index (Phi) is 6.29. The minimum atomic E-state index is -0.232. The third-order valence-electron chi connectivity index (χ3n) is 4.60. The Labute approximate surface area is 168 Å². The summed E-state index contributed by atoms with van der Waals surface area (Å²) in [6, 6.07) is 16.9. The van der Waals surface area contributed by atoms with Crippen LogP contribution >= 0.6 is 0 Å². The van der Waals surface area contributed by atoms with Crippen LogP contribution in [0.1, 0.15) is 17.5 Å². The third kappa shape index (κ3) is 5.24. The number of carbonyl (C=O) groups is 2. The van der Waals surface area contributed by atoms with E-state index >= 15 is 0 Å². The highest BCUT2D eigenvalue weighted by atomic mass is 16.2. The van der Waals surface area contributed by atoms with Gasteiger partial charge in [-0.1, -0.05) is 0 Å². The van der Waals surface area contributed by atoms with E-state index in [0.717, 1.165) is 0 Å². The van der Waals surface area contributed by atoms with Crippen molar-refractivity contribution in [3.05, 3.63) is 59.7 Å². The number of nitriles is 2. The first-order valence-corrected chi connectivity index (χ1v) is 9.21. The van der Waals surface area contributed by atoms with Gasteiger partial charge in [0.1, 0.15) is 0 Å². The maximum absolute atomic E-state index is 12.5. The van der Waals surface area contributed by atoms with Gasteiger partial charge in [0.2, 0.25) is 0 Å². The molecule has 1 fully saturated rings. The van der Waals surface area contributed by atoms with Crippen molar-refractivity contribution >= 4 is 23.4 Å². The van der Waals surface area contributed by atoms with Crippen molar-refractivity contribution in [2.75, 3.05) is 36.8 Å². The van der Waals surface area contributed by atoms with Crippen molar-refractivity contribution in [2.24, 2.45) is 0 Å². The molecule has 8 nitrogen and oxygen atoms in total. The van der Waals surface area contributed by atoms with Crippen LogP contribution in [0.4, 0.5) is 21.0 Å². The first-order chi connectivity index (χ1) is 14.1. The Hall–Kier alpha value is -4.04. The predicted molar refractivity (Wildman–Crippen MR) is 108 cm³/mol. The predicted octanol–water partition coefficient (Wildman–Crippen LogP) is 3.20. The molecule has 4 amide bonds. The van der Waals surface area contributed by atoms with Gasteiger partial charge in [-0.25, -0.2) is 9.59 Å². The maximum atomic E-state index is 12.5.